The third kappa shape index (κ3) is 22.1. The number of ether oxygens (including phenoxy) is 7. The van der Waals surface area contributed by atoms with Gasteiger partial charge in [-0.25, -0.2) is 10.3 Å². The van der Waals surface area contributed by atoms with Crippen LogP contribution in [-0.4, -0.2) is 228 Å². The number of hydrogen-bond acceptors (Lipinski definition) is 30. The number of methoxy groups -OCH3 is 1. The maximum atomic E-state index is 16.4. The zero-order chi connectivity index (χ0) is 92.6. The highest BCUT2D eigenvalue weighted by atomic mass is 35.5. The molecule has 18 atom stereocenters. The average molecular weight is 1860 g/mol. The number of primary amides is 1. The van der Waals surface area contributed by atoms with Crippen LogP contribution in [0.5, 0.6) is 46.0 Å². The van der Waals surface area contributed by atoms with Gasteiger partial charge in [-0.1, -0.05) is 84.5 Å². The number of hydrogen-bond donors (Lipinski definition) is 20. The molecule has 40 nitrogen and oxygen atoms in total. The van der Waals surface area contributed by atoms with Crippen LogP contribution in [0.4, 0.5) is 5.82 Å². The van der Waals surface area contributed by atoms with E-state index in [0.717, 1.165) is 66.7 Å². The summed E-state index contributed by atoms with van der Waals surface area (Å²) in [4.78, 5) is 156. The topological polar surface area (TPSA) is 591 Å². The monoisotopic (exact) mass is 1860 g/mol. The fourth-order valence-corrected chi connectivity index (χ4v) is 15.8. The lowest BCUT2D eigenvalue weighted by molar-refractivity contribution is -0.334. The van der Waals surface area contributed by atoms with Crippen molar-refractivity contribution in [3.63, 3.8) is 0 Å². The Hall–Kier alpha value is -11.4. The van der Waals surface area contributed by atoms with Crippen LogP contribution in [0, 0.1) is 5.92 Å². The Labute approximate surface area is 748 Å². The molecule has 9 amide bonds. The van der Waals surface area contributed by atoms with E-state index in [4.69, 9.17) is 90.1 Å². The van der Waals surface area contributed by atoms with Crippen LogP contribution in [0.2, 0.25) is 20.1 Å². The van der Waals surface area contributed by atoms with Gasteiger partial charge in [0.15, 0.2) is 23.9 Å². The number of aromatic nitrogens is 2. The van der Waals surface area contributed by atoms with Crippen LogP contribution in [0.3, 0.4) is 0 Å². The fourth-order valence-electron chi connectivity index (χ4n) is 15.0. The SMILES string of the molecule is CN[C@H](CC(C)C)C(=O)N[C@H]1C(=O)N[C@@H](CC(N)=O)C(=O)N[C@H]2C(=O)N[C@H]3C(=O)N[C@H](C(=O)N[C@@H](C(=O)NOCCOC)c4cc(O)cc(O)c4-c4cc3ccc4O)[C@H](O)c3ccc(c(Cl)c3)Oc3cc2cc(c3O[C@@H]2O[C@H](CO)[C@@H](O)[C@H](O)[C@H]2O[C@H]2C[C@](C)(NCCn3ccc(NC(=O)/C=C/c4ccc(Cl)c(Cl)c4)nc3=O)[C@H](O)[C@H](C)O2)Oc2ccc(cc2Cl)[C@H]1O. The summed E-state index contributed by atoms with van der Waals surface area (Å²) < 4.78 is 45.7. The lowest BCUT2D eigenvalue weighted by Gasteiger charge is -2.48. The molecule has 128 heavy (non-hydrogen) atoms. The van der Waals surface area contributed by atoms with Crippen LogP contribution in [0.1, 0.15) is 111 Å². The van der Waals surface area contributed by atoms with Crippen LogP contribution in [0.15, 0.2) is 120 Å². The molecule has 21 N–H and O–H groups in total. The lowest BCUT2D eigenvalue weighted by Crippen LogP contribution is -2.65. The summed E-state index contributed by atoms with van der Waals surface area (Å²) in [7, 11) is 2.80. The summed E-state index contributed by atoms with van der Waals surface area (Å²) >= 11 is 26.5. The number of carbonyl (C=O) groups excluding carboxylic acids is 9. The number of phenols is 3. The van der Waals surface area contributed by atoms with E-state index in [1.807, 2.05) is 13.8 Å². The maximum Gasteiger partial charge on any atom is 0.349 e. The molecule has 44 heteroatoms. The predicted molar refractivity (Wildman–Crippen MR) is 454 cm³/mol. The number of aliphatic hydroxyl groups excluding tert-OH is 6. The van der Waals surface area contributed by atoms with Gasteiger partial charge in [-0.05, 0) is 145 Å². The minimum Gasteiger partial charge on any atom is -0.508 e. The Balaban J connectivity index is 0.992. The number of amides is 9. The van der Waals surface area contributed by atoms with Crippen molar-refractivity contribution in [1.29, 1.82) is 0 Å². The number of phenolic OH excluding ortho intramolecular Hbond substituents is 3. The van der Waals surface area contributed by atoms with Crippen molar-refractivity contribution in [3.05, 3.63) is 179 Å². The Morgan fingerprint density at radius 2 is 1.38 bits per heavy atom. The summed E-state index contributed by atoms with van der Waals surface area (Å²) in [5.74, 6) is -16.3. The van der Waals surface area contributed by atoms with Gasteiger partial charge in [0, 0.05) is 61.6 Å². The van der Waals surface area contributed by atoms with Gasteiger partial charge in [0.2, 0.25) is 59.3 Å². The summed E-state index contributed by atoms with van der Waals surface area (Å²) in [6.45, 7) is 5.21. The first kappa shape index (κ1) is 95.7. The molecule has 14 rings (SSSR count). The number of nitrogens with zero attached hydrogens (tertiary/aromatic N) is 2. The number of benzene rings is 6. The van der Waals surface area contributed by atoms with E-state index in [1.54, 1.807) is 25.1 Å². The molecule has 0 aliphatic carbocycles. The second-order valence-corrected chi connectivity index (χ2v) is 32.9. The minimum absolute atomic E-state index is 0.0471. The average Bonchev–Trinajstić information content (AvgIpc) is 0.764. The van der Waals surface area contributed by atoms with E-state index in [-0.39, 0.29) is 78.3 Å². The van der Waals surface area contributed by atoms with Crippen LogP contribution < -0.4 is 79.0 Å². The number of rotatable bonds is 24. The highest BCUT2D eigenvalue weighted by Gasteiger charge is 2.52. The molecule has 0 radical (unpaired) electrons. The number of aromatic hydroxyl groups is 3. The zero-order valence-electron chi connectivity index (χ0n) is 69.0. The first-order valence-corrected chi connectivity index (χ1v) is 41.5. The number of nitrogens with one attached hydrogen (secondary N) is 10. The molecule has 7 aliphatic rings. The standard InChI is InChI=1S/C84H93Cl4N13O27/c1-35(2)23-49(90-5)75(113)98-66-68(108)39-10-14-53(47(87)26-39)124-55-28-41-29-56(72(55)128-82-73(71(111)70(110)57(34-102)126-82)127-61-33-84(4,74(112)36(3)123-61)91-18-20-101-19-17-59(94-83(101)120)93-60(107)16-8-37-7-12-45(85)46(86)24-37)125-54-15-11-40(27-48(54)88)69(109)67-80(118)97-65(81(119)100-122-22-21-121-6)44-30-42(103)31-52(105)62(44)43-25-38(9-13-51(43)104)63(77(115)99-67)96-78(116)64(41)95-76(114)50(32-58(89)106)92-79(66)117/h7-17,19,24-31,35-36,49-50,57,61,63-71,73-74,82,90-91,102-105,108-112H,18,20-23,32-34H2,1-6H3,(H2,89,106)(H,92,117)(H,95,114)(H,96,116)(H,97,118)(H,98,113)(H,99,115)(H,100,119)(H,93,94,107,120)/b16-8+/t36-,49+,50-,57+,61-,63+,64+,65+,66+,67-,68+,69+,70+,71-,73+,74+,82-,84-/m0/s1. The molecular weight excluding hydrogens is 1760 g/mol. The second kappa shape index (κ2) is 41.4. The Bertz CT molecular complexity index is 5480. The molecule has 2 fully saturated rings. The molecule has 8 heterocycles. The zero-order valence-corrected chi connectivity index (χ0v) is 72.0. The molecule has 2 saturated heterocycles. The predicted octanol–water partition coefficient (Wildman–Crippen LogP) is 2.56. The van der Waals surface area contributed by atoms with Gasteiger partial charge in [-0.2, -0.15) is 4.98 Å². The molecule has 1 aromatic heterocycles. The highest BCUT2D eigenvalue weighted by molar-refractivity contribution is 6.42. The Morgan fingerprint density at radius 3 is 2.02 bits per heavy atom. The smallest absolute Gasteiger partial charge is 0.349 e. The van der Waals surface area contributed by atoms with Gasteiger partial charge in [0.05, 0.1) is 64.6 Å². The number of anilines is 1. The van der Waals surface area contributed by atoms with Crippen molar-refractivity contribution in [1.82, 2.24) is 57.6 Å². The van der Waals surface area contributed by atoms with Crippen molar-refractivity contribution < 1.29 is 127 Å². The van der Waals surface area contributed by atoms with Crippen LogP contribution >= 0.6 is 46.4 Å². The molecule has 0 spiro atoms. The largest absolute Gasteiger partial charge is 0.508 e. The minimum atomic E-state index is -2.40. The lowest BCUT2D eigenvalue weighted by atomic mass is 9.85. The van der Waals surface area contributed by atoms with Gasteiger partial charge < -0.3 is 133 Å². The summed E-state index contributed by atoms with van der Waals surface area (Å²) in [5, 5.41) is 130. The van der Waals surface area contributed by atoms with Crippen molar-refractivity contribution in [2.45, 2.75) is 163 Å². The van der Waals surface area contributed by atoms with E-state index in [2.05, 4.69) is 58.3 Å². The van der Waals surface area contributed by atoms with Crippen molar-refractivity contribution in [3.8, 4) is 57.1 Å². The summed E-state index contributed by atoms with van der Waals surface area (Å²) in [6, 6.07) is 5.54. The van der Waals surface area contributed by atoms with Crippen molar-refractivity contribution in [2.24, 2.45) is 11.7 Å². The molecule has 7 aromatic rings. The number of nitrogens with two attached hydrogens (primary N) is 1. The number of carbonyl (C=O) groups is 9. The first-order chi connectivity index (χ1) is 60.8. The van der Waals surface area contributed by atoms with E-state index in [1.165, 1.54) is 62.2 Å². The Morgan fingerprint density at radius 1 is 0.711 bits per heavy atom. The molecule has 684 valence electrons. The van der Waals surface area contributed by atoms with E-state index >= 15 is 24.0 Å². The van der Waals surface area contributed by atoms with E-state index < -0.39 is 254 Å². The molecule has 0 unspecified atom stereocenters. The molecular formula is C84H93Cl4N13O27. The number of hydroxylamine groups is 1. The number of halogens is 4. The third-order valence-corrected chi connectivity index (χ3v) is 23.0. The molecule has 0 saturated carbocycles. The number of likely N-dealkylation sites (N-methyl/N-ethyl adjacent to an activating group) is 1. The summed E-state index contributed by atoms with van der Waals surface area (Å²) in [6.07, 6.45) is -15.6. The highest BCUT2D eigenvalue weighted by Crippen LogP contribution is 2.50. The van der Waals surface area contributed by atoms with Crippen LogP contribution in [0.25, 0.3) is 17.2 Å². The first-order valence-electron chi connectivity index (χ1n) is 40.0. The summed E-state index contributed by atoms with van der Waals surface area (Å²) in [5.41, 5.74) is 3.59. The van der Waals surface area contributed by atoms with Gasteiger partial charge >= 0.3 is 5.69 Å². The third-order valence-electron chi connectivity index (χ3n) is 21.7. The van der Waals surface area contributed by atoms with Gasteiger partial charge in [-0.3, -0.25) is 52.6 Å². The van der Waals surface area contributed by atoms with Crippen LogP contribution in [-0.2, 0) is 73.5 Å². The molecule has 6 aromatic carbocycles. The quantitative estimate of drug-likeness (QED) is 0.0235. The normalized spacial score (nSPS) is 25.7. The number of fused-ring (bicyclic) bond motifs is 15. The number of aliphatic hydroxyl groups is 6. The van der Waals surface area contributed by atoms with Gasteiger partial charge in [-0.15, -0.1) is 0 Å². The van der Waals surface area contributed by atoms with E-state index in [0.29, 0.717) is 10.6 Å². The van der Waals surface area contributed by atoms with Crippen molar-refractivity contribution in [2.75, 3.05) is 45.8 Å². The van der Waals surface area contributed by atoms with E-state index in [9.17, 15) is 69.9 Å². The van der Waals surface area contributed by atoms with Crippen molar-refractivity contribution >= 4 is 111 Å². The van der Waals surface area contributed by atoms with Gasteiger partial charge in [0.1, 0.15) is 101 Å². The Kier molecular flexibility index (Phi) is 30.9. The molecule has 11 bridgehead atoms. The van der Waals surface area contributed by atoms with Gasteiger partial charge in [0.25, 0.3) is 5.91 Å². The second-order valence-electron chi connectivity index (χ2n) is 31.3. The maximum absolute atomic E-state index is 16.4. The fraction of sp³-hybridized carbons (Fsp3) is 0.393. The molecule has 7 aliphatic heterocycles.